The molecule has 0 aliphatic heterocycles. The Labute approximate surface area is 137 Å². The quantitative estimate of drug-likeness (QED) is 0.745. The number of carboxylic acids is 1. The van der Waals surface area contributed by atoms with Crippen molar-refractivity contribution in [2.24, 2.45) is 0 Å². The molecule has 0 aliphatic rings. The number of hydrogen-bond acceptors (Lipinski definition) is 5. The molecule has 0 aliphatic carbocycles. The second-order valence-electron chi connectivity index (χ2n) is 5.45. The van der Waals surface area contributed by atoms with Gasteiger partial charge in [0.25, 0.3) is 5.91 Å². The van der Waals surface area contributed by atoms with E-state index < -0.39 is 17.5 Å². The van der Waals surface area contributed by atoms with E-state index in [1.165, 1.54) is 11.3 Å². The lowest BCUT2D eigenvalue weighted by atomic mass is 10.1. The van der Waals surface area contributed by atoms with E-state index in [0.29, 0.717) is 17.0 Å². The number of carboxylic acid groups (broad SMARTS) is 1. The molecular formula is C16H18N2O4S. The molecule has 1 amide bonds. The molecule has 0 spiro atoms. The van der Waals surface area contributed by atoms with Crippen LogP contribution in [-0.4, -0.2) is 39.2 Å². The van der Waals surface area contributed by atoms with E-state index in [0.717, 1.165) is 17.5 Å². The van der Waals surface area contributed by atoms with Crippen LogP contribution in [0.25, 0.3) is 0 Å². The molecule has 0 bridgehead atoms. The molecule has 1 aromatic carbocycles. The number of thiazole rings is 1. The van der Waals surface area contributed by atoms with E-state index in [-0.39, 0.29) is 6.54 Å². The topological polar surface area (TPSA) is 99.5 Å². The first-order chi connectivity index (χ1) is 10.8. The van der Waals surface area contributed by atoms with Crippen LogP contribution in [0, 0.1) is 6.92 Å². The highest BCUT2D eigenvalue weighted by molar-refractivity contribution is 7.13. The monoisotopic (exact) mass is 334 g/mol. The highest BCUT2D eigenvalue weighted by Crippen LogP contribution is 2.21. The van der Waals surface area contributed by atoms with Gasteiger partial charge in [0.05, 0.1) is 17.2 Å². The van der Waals surface area contributed by atoms with Crippen molar-refractivity contribution in [3.8, 4) is 0 Å². The number of carbonyl (C=O) groups is 2. The molecule has 1 atom stereocenters. The normalized spacial score (nSPS) is 13.3. The van der Waals surface area contributed by atoms with Crippen molar-refractivity contribution in [1.82, 2.24) is 10.3 Å². The van der Waals surface area contributed by atoms with E-state index >= 15 is 0 Å². The summed E-state index contributed by atoms with van der Waals surface area (Å²) in [5.74, 6) is -1.82. The van der Waals surface area contributed by atoms with Crippen LogP contribution in [0.2, 0.25) is 0 Å². The zero-order chi connectivity index (χ0) is 17.0. The zero-order valence-corrected chi connectivity index (χ0v) is 13.7. The van der Waals surface area contributed by atoms with Crippen molar-refractivity contribution in [2.45, 2.75) is 25.9 Å². The maximum atomic E-state index is 12.2. The van der Waals surface area contributed by atoms with Gasteiger partial charge in [-0.1, -0.05) is 30.3 Å². The SMILES string of the molecule is Cc1nc(Cc2ccccc2)sc1C(=O)NCC(C)(O)C(=O)O. The smallest absolute Gasteiger partial charge is 0.337 e. The van der Waals surface area contributed by atoms with Gasteiger partial charge in [0.1, 0.15) is 4.88 Å². The second kappa shape index (κ2) is 6.89. The zero-order valence-electron chi connectivity index (χ0n) is 12.9. The fraction of sp³-hybridized carbons (Fsp3) is 0.312. The van der Waals surface area contributed by atoms with Crippen molar-refractivity contribution < 1.29 is 19.8 Å². The molecule has 1 aromatic heterocycles. The number of aliphatic carboxylic acids is 1. The molecule has 0 saturated heterocycles. The molecule has 0 radical (unpaired) electrons. The Balaban J connectivity index is 2.06. The second-order valence-corrected chi connectivity index (χ2v) is 6.53. The number of nitrogens with one attached hydrogen (secondary N) is 1. The number of aliphatic hydroxyl groups is 1. The lowest BCUT2D eigenvalue weighted by molar-refractivity contribution is -0.155. The van der Waals surface area contributed by atoms with Gasteiger partial charge in [-0.05, 0) is 19.4 Å². The van der Waals surface area contributed by atoms with Crippen LogP contribution >= 0.6 is 11.3 Å². The van der Waals surface area contributed by atoms with Gasteiger partial charge >= 0.3 is 5.97 Å². The standard InChI is InChI=1S/C16H18N2O4S/c1-10-13(14(19)17-9-16(2,22)15(20)21)23-12(18-10)8-11-6-4-3-5-7-11/h3-7,22H,8-9H2,1-2H3,(H,17,19)(H,20,21). The molecule has 1 heterocycles. The molecule has 0 saturated carbocycles. The van der Waals surface area contributed by atoms with Gasteiger partial charge in [0.15, 0.2) is 5.60 Å². The number of carbonyl (C=O) groups excluding carboxylic acids is 1. The Morgan fingerprint density at radius 2 is 1.96 bits per heavy atom. The molecule has 0 fully saturated rings. The van der Waals surface area contributed by atoms with Crippen LogP contribution in [0.15, 0.2) is 30.3 Å². The molecule has 23 heavy (non-hydrogen) atoms. The fourth-order valence-corrected chi connectivity index (χ4v) is 2.93. The lowest BCUT2D eigenvalue weighted by Crippen LogP contribution is -2.46. The minimum Gasteiger partial charge on any atom is -0.479 e. The van der Waals surface area contributed by atoms with Crippen LogP contribution < -0.4 is 5.32 Å². The summed E-state index contributed by atoms with van der Waals surface area (Å²) < 4.78 is 0. The summed E-state index contributed by atoms with van der Waals surface area (Å²) in [5, 5.41) is 21.7. The Kier molecular flexibility index (Phi) is 5.12. The third-order valence-corrected chi connectivity index (χ3v) is 4.46. The lowest BCUT2D eigenvalue weighted by Gasteiger charge is -2.17. The Bertz CT molecular complexity index is 710. The van der Waals surface area contributed by atoms with Crippen molar-refractivity contribution in [3.05, 3.63) is 51.5 Å². The third-order valence-electron chi connectivity index (χ3n) is 3.30. The number of aryl methyl sites for hydroxylation is 1. The maximum Gasteiger partial charge on any atom is 0.337 e. The Hall–Kier alpha value is -2.25. The summed E-state index contributed by atoms with van der Waals surface area (Å²) in [5.41, 5.74) is -0.309. The summed E-state index contributed by atoms with van der Waals surface area (Å²) in [7, 11) is 0. The van der Waals surface area contributed by atoms with E-state index in [1.807, 2.05) is 30.3 Å². The van der Waals surface area contributed by atoms with Gasteiger partial charge < -0.3 is 15.5 Å². The van der Waals surface area contributed by atoms with E-state index in [2.05, 4.69) is 10.3 Å². The van der Waals surface area contributed by atoms with Crippen molar-refractivity contribution in [1.29, 1.82) is 0 Å². The number of hydrogen-bond donors (Lipinski definition) is 3. The molecule has 3 N–H and O–H groups in total. The fourth-order valence-electron chi connectivity index (χ4n) is 1.92. The van der Waals surface area contributed by atoms with Gasteiger partial charge in [-0.15, -0.1) is 11.3 Å². The molecule has 2 rings (SSSR count). The highest BCUT2D eigenvalue weighted by Gasteiger charge is 2.30. The molecule has 122 valence electrons. The minimum absolute atomic E-state index is 0.369. The molecule has 1 unspecified atom stereocenters. The largest absolute Gasteiger partial charge is 0.479 e. The highest BCUT2D eigenvalue weighted by atomic mass is 32.1. The van der Waals surface area contributed by atoms with Crippen LogP contribution in [-0.2, 0) is 11.2 Å². The number of benzene rings is 1. The van der Waals surface area contributed by atoms with E-state index in [4.69, 9.17) is 5.11 Å². The molecule has 6 nitrogen and oxygen atoms in total. The molecular weight excluding hydrogens is 316 g/mol. The number of aromatic nitrogens is 1. The van der Waals surface area contributed by atoms with Gasteiger partial charge in [-0.25, -0.2) is 9.78 Å². The summed E-state index contributed by atoms with van der Waals surface area (Å²) in [6.07, 6.45) is 0.631. The average Bonchev–Trinajstić information content (AvgIpc) is 2.86. The first kappa shape index (κ1) is 17.1. The van der Waals surface area contributed by atoms with Crippen molar-refractivity contribution >= 4 is 23.2 Å². The van der Waals surface area contributed by atoms with Crippen LogP contribution in [0.1, 0.15) is 32.9 Å². The van der Waals surface area contributed by atoms with Gasteiger partial charge in [0, 0.05) is 6.42 Å². The van der Waals surface area contributed by atoms with Gasteiger partial charge in [0.2, 0.25) is 0 Å². The predicted octanol–water partition coefficient (Wildman–Crippen LogP) is 1.61. The average molecular weight is 334 g/mol. The maximum absolute atomic E-state index is 12.2. The van der Waals surface area contributed by atoms with Gasteiger partial charge in [-0.2, -0.15) is 0 Å². The molecule has 2 aromatic rings. The van der Waals surface area contributed by atoms with Crippen LogP contribution in [0.3, 0.4) is 0 Å². The Morgan fingerprint density at radius 1 is 1.30 bits per heavy atom. The van der Waals surface area contributed by atoms with E-state index in [9.17, 15) is 14.7 Å². The number of nitrogens with zero attached hydrogens (tertiary/aromatic N) is 1. The summed E-state index contributed by atoms with van der Waals surface area (Å²) in [6, 6.07) is 9.79. The summed E-state index contributed by atoms with van der Waals surface area (Å²) >= 11 is 1.27. The first-order valence-electron chi connectivity index (χ1n) is 7.04. The van der Waals surface area contributed by atoms with Crippen LogP contribution in [0.4, 0.5) is 0 Å². The Morgan fingerprint density at radius 3 is 2.57 bits per heavy atom. The molecule has 7 heteroatoms. The number of amides is 1. The number of rotatable bonds is 6. The summed E-state index contributed by atoms with van der Waals surface area (Å²) in [4.78, 5) is 27.8. The summed E-state index contributed by atoms with van der Waals surface area (Å²) in [6.45, 7) is 2.50. The first-order valence-corrected chi connectivity index (χ1v) is 7.85. The van der Waals surface area contributed by atoms with E-state index in [1.54, 1.807) is 6.92 Å². The third kappa shape index (κ3) is 4.37. The van der Waals surface area contributed by atoms with Crippen molar-refractivity contribution in [3.63, 3.8) is 0 Å². The van der Waals surface area contributed by atoms with Crippen molar-refractivity contribution in [2.75, 3.05) is 6.54 Å². The predicted molar refractivity (Wildman–Crippen MR) is 86.7 cm³/mol. The van der Waals surface area contributed by atoms with Crippen LogP contribution in [0.5, 0.6) is 0 Å². The minimum atomic E-state index is -2.00. The van der Waals surface area contributed by atoms with Gasteiger partial charge in [-0.3, -0.25) is 4.79 Å².